The normalized spacial score (nSPS) is 11.9. The van der Waals surface area contributed by atoms with Crippen LogP contribution in [-0.4, -0.2) is 33.3 Å². The number of imidazole rings is 1. The van der Waals surface area contributed by atoms with Gasteiger partial charge in [-0.15, -0.1) is 0 Å². The van der Waals surface area contributed by atoms with Gasteiger partial charge in [-0.1, -0.05) is 31.9 Å². The first-order valence-electron chi connectivity index (χ1n) is 5.43. The van der Waals surface area contributed by atoms with Crippen LogP contribution in [0.5, 0.6) is 0 Å². The van der Waals surface area contributed by atoms with E-state index in [2.05, 4.69) is 47.0 Å². The van der Waals surface area contributed by atoms with Crippen molar-refractivity contribution in [3.8, 4) is 0 Å². The van der Waals surface area contributed by atoms with Crippen LogP contribution in [0.4, 0.5) is 0 Å². The molecule has 9 heteroatoms. The summed E-state index contributed by atoms with van der Waals surface area (Å²) in [5.41, 5.74) is 0.872. The van der Waals surface area contributed by atoms with Gasteiger partial charge in [0.15, 0.2) is 0 Å². The van der Waals surface area contributed by atoms with E-state index in [0.29, 0.717) is 23.7 Å². The zero-order chi connectivity index (χ0) is 13.4. The highest BCUT2D eigenvalue weighted by molar-refractivity contribution is 9.09. The van der Waals surface area contributed by atoms with Crippen LogP contribution in [0, 0.1) is 0 Å². The molecule has 0 atom stereocenters. The molecule has 0 aliphatic heterocycles. The van der Waals surface area contributed by atoms with E-state index in [4.69, 9.17) is 4.52 Å². The van der Waals surface area contributed by atoms with Crippen LogP contribution in [0.15, 0.2) is 12.5 Å². The van der Waals surface area contributed by atoms with E-state index in [1.54, 1.807) is 12.5 Å². The molecule has 0 saturated carbocycles. The Balaban J connectivity index is 2.55. The second-order valence-electron chi connectivity index (χ2n) is 3.51. The van der Waals surface area contributed by atoms with E-state index < -0.39 is 7.67 Å². The number of rotatable bonds is 9. The molecular weight excluding hydrogens is 387 g/mol. The minimum atomic E-state index is -3.01. The number of nitrogens with one attached hydrogen (secondary N) is 2. The molecule has 0 bridgehead atoms. The molecule has 0 saturated heterocycles. The number of halogens is 2. The third-order valence-electron chi connectivity index (χ3n) is 2.14. The van der Waals surface area contributed by atoms with E-state index in [0.717, 1.165) is 5.69 Å². The van der Waals surface area contributed by atoms with Gasteiger partial charge in [-0.3, -0.25) is 9.09 Å². The average Bonchev–Trinajstić information content (AvgIpc) is 2.77. The van der Waals surface area contributed by atoms with Crippen LogP contribution in [0.2, 0.25) is 0 Å². The summed E-state index contributed by atoms with van der Waals surface area (Å²) >= 11 is 6.56. The van der Waals surface area contributed by atoms with Crippen LogP contribution in [0.1, 0.15) is 5.69 Å². The fourth-order valence-electron chi connectivity index (χ4n) is 1.21. The first-order valence-corrected chi connectivity index (χ1v) is 9.30. The zero-order valence-corrected chi connectivity index (χ0v) is 14.2. The Hall–Kier alpha value is 0.280. The molecule has 0 aliphatic rings. The SMILES string of the molecule is Cn1cncc1COP(=O)(NCCBr)NCCBr. The molecule has 0 amide bonds. The maximum atomic E-state index is 12.4. The molecule has 18 heavy (non-hydrogen) atoms. The molecular formula is C9H17Br2N4O2P. The first kappa shape index (κ1) is 16.3. The Morgan fingerprint density at radius 3 is 2.44 bits per heavy atom. The molecule has 6 nitrogen and oxygen atoms in total. The van der Waals surface area contributed by atoms with Gasteiger partial charge >= 0.3 is 7.67 Å². The Morgan fingerprint density at radius 1 is 1.39 bits per heavy atom. The number of aryl methyl sites for hydroxylation is 1. The monoisotopic (exact) mass is 402 g/mol. The lowest BCUT2D eigenvalue weighted by molar-refractivity contribution is 0.281. The molecule has 0 radical (unpaired) electrons. The first-order chi connectivity index (χ1) is 8.61. The van der Waals surface area contributed by atoms with Gasteiger partial charge in [0, 0.05) is 30.8 Å². The van der Waals surface area contributed by atoms with E-state index in [-0.39, 0.29) is 6.61 Å². The van der Waals surface area contributed by atoms with Crippen molar-refractivity contribution in [2.24, 2.45) is 7.05 Å². The average molecular weight is 404 g/mol. The zero-order valence-electron chi connectivity index (χ0n) is 10.1. The summed E-state index contributed by atoms with van der Waals surface area (Å²) in [4.78, 5) is 3.98. The minimum absolute atomic E-state index is 0.248. The molecule has 1 aromatic rings. The molecule has 2 N–H and O–H groups in total. The highest BCUT2D eigenvalue weighted by Gasteiger charge is 2.21. The van der Waals surface area contributed by atoms with Crippen molar-refractivity contribution in [3.63, 3.8) is 0 Å². The van der Waals surface area contributed by atoms with E-state index in [1.807, 2.05) is 11.6 Å². The van der Waals surface area contributed by atoms with Gasteiger partial charge in [0.25, 0.3) is 0 Å². The number of aromatic nitrogens is 2. The van der Waals surface area contributed by atoms with Gasteiger partial charge in [0.2, 0.25) is 0 Å². The standard InChI is InChI=1S/C9H17Br2N4O2P/c1-15-8-12-6-9(15)7-17-18(16,13-4-2-10)14-5-3-11/h6,8H,2-5,7H2,1H3,(H2,13,14,16). The summed E-state index contributed by atoms with van der Waals surface area (Å²) < 4.78 is 19.7. The smallest absolute Gasteiger partial charge is 0.336 e. The number of hydrogen-bond acceptors (Lipinski definition) is 3. The number of nitrogens with zero attached hydrogens (tertiary/aromatic N) is 2. The van der Waals surface area contributed by atoms with Crippen molar-refractivity contribution in [1.82, 2.24) is 19.7 Å². The van der Waals surface area contributed by atoms with Crippen molar-refractivity contribution in [1.29, 1.82) is 0 Å². The van der Waals surface area contributed by atoms with Crippen LogP contribution >= 0.6 is 39.5 Å². The third-order valence-corrected chi connectivity index (χ3v) is 4.71. The lowest BCUT2D eigenvalue weighted by Crippen LogP contribution is -2.27. The molecule has 0 fully saturated rings. The van der Waals surface area contributed by atoms with Gasteiger partial charge < -0.3 is 4.57 Å². The van der Waals surface area contributed by atoms with Crippen molar-refractivity contribution in [2.75, 3.05) is 23.7 Å². The van der Waals surface area contributed by atoms with Crippen LogP contribution in [0.25, 0.3) is 0 Å². The molecule has 0 unspecified atom stereocenters. The van der Waals surface area contributed by atoms with Gasteiger partial charge in [-0.05, 0) is 0 Å². The molecule has 1 heterocycles. The highest BCUT2D eigenvalue weighted by Crippen LogP contribution is 2.37. The minimum Gasteiger partial charge on any atom is -0.336 e. The quantitative estimate of drug-likeness (QED) is 0.487. The maximum absolute atomic E-state index is 12.4. The molecule has 1 aromatic heterocycles. The lowest BCUT2D eigenvalue weighted by Gasteiger charge is -2.19. The second-order valence-corrected chi connectivity index (χ2v) is 7.09. The van der Waals surface area contributed by atoms with Crippen molar-refractivity contribution < 1.29 is 9.09 Å². The maximum Gasteiger partial charge on any atom is 0.341 e. The second kappa shape index (κ2) is 8.45. The summed E-state index contributed by atoms with van der Waals surface area (Å²) in [5, 5.41) is 7.20. The van der Waals surface area contributed by atoms with Crippen molar-refractivity contribution >= 4 is 39.5 Å². The number of alkyl halides is 2. The van der Waals surface area contributed by atoms with E-state index >= 15 is 0 Å². The lowest BCUT2D eigenvalue weighted by atomic mass is 10.5. The predicted molar refractivity (Wildman–Crippen MR) is 79.2 cm³/mol. The van der Waals surface area contributed by atoms with Crippen LogP contribution in [0.3, 0.4) is 0 Å². The van der Waals surface area contributed by atoms with Crippen LogP contribution in [-0.2, 0) is 22.7 Å². The largest absolute Gasteiger partial charge is 0.341 e. The summed E-state index contributed by atoms with van der Waals surface area (Å²) in [6.07, 6.45) is 3.38. The highest BCUT2D eigenvalue weighted by atomic mass is 79.9. The topological polar surface area (TPSA) is 68.2 Å². The van der Waals surface area contributed by atoms with Gasteiger partial charge in [-0.25, -0.2) is 15.2 Å². The fourth-order valence-corrected chi connectivity index (χ4v) is 3.64. The molecule has 0 aromatic carbocycles. The van der Waals surface area contributed by atoms with Gasteiger partial charge in [0.1, 0.15) is 0 Å². The molecule has 0 aliphatic carbocycles. The van der Waals surface area contributed by atoms with Crippen molar-refractivity contribution in [3.05, 3.63) is 18.2 Å². The van der Waals surface area contributed by atoms with E-state index in [1.165, 1.54) is 0 Å². The van der Waals surface area contributed by atoms with Gasteiger partial charge in [0.05, 0.1) is 24.8 Å². The molecule has 0 spiro atoms. The predicted octanol–water partition coefficient (Wildman–Crippen LogP) is 2.01. The molecule has 1 rings (SSSR count). The summed E-state index contributed by atoms with van der Waals surface area (Å²) in [6.45, 7) is 1.38. The van der Waals surface area contributed by atoms with Crippen LogP contribution < -0.4 is 10.2 Å². The Bertz CT molecular complexity index is 390. The Morgan fingerprint density at radius 2 is 2.00 bits per heavy atom. The van der Waals surface area contributed by atoms with Gasteiger partial charge in [-0.2, -0.15) is 0 Å². The fraction of sp³-hybridized carbons (Fsp3) is 0.667. The summed E-state index contributed by atoms with van der Waals surface area (Å²) in [5.74, 6) is 0. The molecule has 104 valence electrons. The summed E-state index contributed by atoms with van der Waals surface area (Å²) in [6, 6.07) is 0. The Labute approximate surface area is 124 Å². The summed E-state index contributed by atoms with van der Waals surface area (Å²) in [7, 11) is -1.14. The van der Waals surface area contributed by atoms with Crippen molar-refractivity contribution in [2.45, 2.75) is 6.61 Å². The Kier molecular flexibility index (Phi) is 7.67. The third kappa shape index (κ3) is 5.50. The van der Waals surface area contributed by atoms with E-state index in [9.17, 15) is 4.57 Å². The number of hydrogen-bond donors (Lipinski definition) is 2.